The summed E-state index contributed by atoms with van der Waals surface area (Å²) in [5.74, 6) is 0.130. The molecule has 2 aliphatic rings. The van der Waals surface area contributed by atoms with Gasteiger partial charge in [-0.05, 0) is 43.9 Å². The Labute approximate surface area is 184 Å². The first-order valence-corrected chi connectivity index (χ1v) is 10.6. The molecule has 3 heterocycles. The smallest absolute Gasteiger partial charge is 0.370 e. The number of rotatable bonds is 4. The second-order valence-electron chi connectivity index (χ2n) is 8.44. The summed E-state index contributed by atoms with van der Waals surface area (Å²) in [6.45, 7) is 5.19. The SMILES string of the molecule is CC1(C)OC2(CCN(c3ccnc(N=NCCC(F)(F)F)c3Cl)CC2)c2ccccc21. The largest absolute Gasteiger partial charge is 0.390 e. The highest BCUT2D eigenvalue weighted by molar-refractivity contribution is 6.35. The molecule has 1 fully saturated rings. The number of halogens is 4. The van der Waals surface area contributed by atoms with Crippen LogP contribution in [0, 0.1) is 0 Å². The first kappa shape index (κ1) is 22.0. The van der Waals surface area contributed by atoms with E-state index in [-0.39, 0.29) is 17.0 Å². The minimum atomic E-state index is -4.27. The normalized spacial score (nSPS) is 19.9. The molecule has 0 radical (unpaired) electrons. The number of ether oxygens (including phenoxy) is 1. The van der Waals surface area contributed by atoms with Crippen molar-refractivity contribution in [1.29, 1.82) is 0 Å². The van der Waals surface area contributed by atoms with E-state index in [1.54, 1.807) is 12.3 Å². The average Bonchev–Trinajstić information content (AvgIpc) is 2.93. The molecule has 2 aliphatic heterocycles. The van der Waals surface area contributed by atoms with Gasteiger partial charge in [-0.15, -0.1) is 5.11 Å². The number of nitrogens with zero attached hydrogens (tertiary/aromatic N) is 4. The van der Waals surface area contributed by atoms with Gasteiger partial charge in [-0.3, -0.25) is 0 Å². The van der Waals surface area contributed by atoms with Crippen LogP contribution in [-0.2, 0) is 15.9 Å². The Morgan fingerprint density at radius 2 is 1.81 bits per heavy atom. The Balaban J connectivity index is 1.48. The predicted octanol–water partition coefficient (Wildman–Crippen LogP) is 6.53. The van der Waals surface area contributed by atoms with Gasteiger partial charge in [-0.1, -0.05) is 35.9 Å². The first-order valence-electron chi connectivity index (χ1n) is 10.3. The van der Waals surface area contributed by atoms with E-state index in [0.717, 1.165) is 31.6 Å². The van der Waals surface area contributed by atoms with Crippen LogP contribution in [0.15, 0.2) is 46.8 Å². The lowest BCUT2D eigenvalue weighted by Crippen LogP contribution is -2.43. The van der Waals surface area contributed by atoms with Gasteiger partial charge < -0.3 is 9.64 Å². The van der Waals surface area contributed by atoms with Crippen molar-refractivity contribution in [2.75, 3.05) is 24.5 Å². The maximum Gasteiger partial charge on any atom is 0.390 e. The molecule has 1 aromatic carbocycles. The van der Waals surface area contributed by atoms with Gasteiger partial charge in [0.25, 0.3) is 0 Å². The van der Waals surface area contributed by atoms with E-state index in [4.69, 9.17) is 16.3 Å². The van der Waals surface area contributed by atoms with Crippen molar-refractivity contribution >= 4 is 23.1 Å². The van der Waals surface area contributed by atoms with Gasteiger partial charge in [0, 0.05) is 19.3 Å². The number of aromatic nitrogens is 1. The van der Waals surface area contributed by atoms with Gasteiger partial charge in [0.1, 0.15) is 5.02 Å². The highest BCUT2D eigenvalue weighted by Gasteiger charge is 2.50. The van der Waals surface area contributed by atoms with E-state index in [1.807, 2.05) is 12.1 Å². The molecule has 1 spiro atoms. The topological polar surface area (TPSA) is 50.1 Å². The lowest BCUT2D eigenvalue weighted by Gasteiger charge is -2.41. The maximum atomic E-state index is 12.3. The van der Waals surface area contributed by atoms with Gasteiger partial charge >= 0.3 is 6.18 Å². The van der Waals surface area contributed by atoms with Gasteiger partial charge in [0.05, 0.1) is 29.9 Å². The quantitative estimate of drug-likeness (QED) is 0.495. The van der Waals surface area contributed by atoms with Crippen molar-refractivity contribution < 1.29 is 17.9 Å². The van der Waals surface area contributed by atoms with Crippen LogP contribution in [0.5, 0.6) is 0 Å². The summed E-state index contributed by atoms with van der Waals surface area (Å²) in [5, 5.41) is 7.70. The minimum Gasteiger partial charge on any atom is -0.370 e. The van der Waals surface area contributed by atoms with E-state index >= 15 is 0 Å². The minimum absolute atomic E-state index is 0.130. The highest BCUT2D eigenvalue weighted by atomic mass is 35.5. The summed E-state index contributed by atoms with van der Waals surface area (Å²) in [6, 6.07) is 10.2. The second kappa shape index (κ2) is 8.06. The number of azo groups is 1. The van der Waals surface area contributed by atoms with Crippen molar-refractivity contribution in [2.45, 2.75) is 50.5 Å². The molecule has 0 bridgehead atoms. The Morgan fingerprint density at radius 1 is 1.13 bits per heavy atom. The molecule has 0 saturated carbocycles. The average molecular weight is 453 g/mol. The first-order chi connectivity index (χ1) is 14.6. The summed E-state index contributed by atoms with van der Waals surface area (Å²) in [4.78, 5) is 6.20. The molecular formula is C22H24ClF3N4O. The number of benzene rings is 1. The molecular weight excluding hydrogens is 429 g/mol. The standard InChI is InChI=1S/C22H24ClF3N4O/c1-20(2)15-5-3-4-6-16(15)21(31-20)9-13-30(14-10-21)17-7-11-27-19(18(17)23)29-28-12-8-22(24,25)26/h3-7,11H,8-10,12-14H2,1-2H3. The molecule has 0 aliphatic carbocycles. The summed E-state index contributed by atoms with van der Waals surface area (Å²) in [6.07, 6.45) is -2.14. The van der Waals surface area contributed by atoms with Crippen molar-refractivity contribution in [1.82, 2.24) is 4.98 Å². The summed E-state index contributed by atoms with van der Waals surface area (Å²) < 4.78 is 43.4. The number of piperidine rings is 1. The molecule has 0 amide bonds. The predicted molar refractivity (Wildman–Crippen MR) is 113 cm³/mol. The molecule has 0 N–H and O–H groups in total. The molecule has 0 atom stereocenters. The molecule has 31 heavy (non-hydrogen) atoms. The van der Waals surface area contributed by atoms with Crippen LogP contribution in [0.4, 0.5) is 24.7 Å². The monoisotopic (exact) mass is 452 g/mol. The number of pyridine rings is 1. The number of anilines is 1. The zero-order chi connectivity index (χ0) is 22.3. The van der Waals surface area contributed by atoms with E-state index in [9.17, 15) is 13.2 Å². The summed E-state index contributed by atoms with van der Waals surface area (Å²) >= 11 is 6.48. The molecule has 166 valence electrons. The fourth-order valence-corrected chi connectivity index (χ4v) is 4.78. The molecule has 1 saturated heterocycles. The van der Waals surface area contributed by atoms with Crippen LogP contribution in [0.25, 0.3) is 0 Å². The Hall–Kier alpha value is -2.19. The fourth-order valence-electron chi connectivity index (χ4n) is 4.51. The van der Waals surface area contributed by atoms with Crippen molar-refractivity contribution in [3.8, 4) is 0 Å². The zero-order valence-electron chi connectivity index (χ0n) is 17.4. The van der Waals surface area contributed by atoms with Crippen LogP contribution in [0.2, 0.25) is 5.02 Å². The molecule has 1 aromatic heterocycles. The third-order valence-electron chi connectivity index (χ3n) is 5.94. The van der Waals surface area contributed by atoms with Gasteiger partial charge in [0.2, 0.25) is 0 Å². The van der Waals surface area contributed by atoms with Gasteiger partial charge in [-0.2, -0.15) is 18.3 Å². The highest BCUT2D eigenvalue weighted by Crippen LogP contribution is 2.52. The van der Waals surface area contributed by atoms with E-state index in [0.29, 0.717) is 5.02 Å². The molecule has 2 aromatic rings. The van der Waals surface area contributed by atoms with Crippen LogP contribution in [0.3, 0.4) is 0 Å². The Bertz CT molecular complexity index is 985. The van der Waals surface area contributed by atoms with Gasteiger partial charge in [-0.25, -0.2) is 4.98 Å². The van der Waals surface area contributed by atoms with Crippen LogP contribution >= 0.6 is 11.6 Å². The second-order valence-corrected chi connectivity index (χ2v) is 8.82. The van der Waals surface area contributed by atoms with Crippen molar-refractivity contribution in [3.05, 3.63) is 52.7 Å². The molecule has 9 heteroatoms. The molecule has 4 rings (SSSR count). The number of hydrogen-bond acceptors (Lipinski definition) is 5. The number of alkyl halides is 3. The number of fused-ring (bicyclic) bond motifs is 2. The van der Waals surface area contributed by atoms with Gasteiger partial charge in [0.15, 0.2) is 5.82 Å². The van der Waals surface area contributed by atoms with Crippen molar-refractivity contribution in [3.63, 3.8) is 0 Å². The van der Waals surface area contributed by atoms with Crippen molar-refractivity contribution in [2.24, 2.45) is 10.2 Å². The summed E-state index contributed by atoms with van der Waals surface area (Å²) in [5.41, 5.74) is 2.57. The van der Waals surface area contributed by atoms with Crippen LogP contribution < -0.4 is 4.90 Å². The fraction of sp³-hybridized carbons (Fsp3) is 0.500. The van der Waals surface area contributed by atoms with Crippen LogP contribution in [-0.4, -0.2) is 30.8 Å². The Morgan fingerprint density at radius 3 is 2.48 bits per heavy atom. The third-order valence-corrected chi connectivity index (χ3v) is 6.30. The van der Waals surface area contributed by atoms with E-state index < -0.39 is 19.1 Å². The summed E-state index contributed by atoms with van der Waals surface area (Å²) in [7, 11) is 0. The lowest BCUT2D eigenvalue weighted by molar-refractivity contribution is -0.136. The molecule has 5 nitrogen and oxygen atoms in total. The zero-order valence-corrected chi connectivity index (χ0v) is 18.2. The van der Waals surface area contributed by atoms with E-state index in [2.05, 4.69) is 46.1 Å². The van der Waals surface area contributed by atoms with E-state index in [1.165, 1.54) is 11.1 Å². The molecule has 0 unspecified atom stereocenters. The Kier molecular flexibility index (Phi) is 5.72. The lowest BCUT2D eigenvalue weighted by atomic mass is 9.82. The van der Waals surface area contributed by atoms with Crippen LogP contribution in [0.1, 0.15) is 44.2 Å². The maximum absolute atomic E-state index is 12.3. The number of hydrogen-bond donors (Lipinski definition) is 0. The third kappa shape index (κ3) is 4.41.